The summed E-state index contributed by atoms with van der Waals surface area (Å²) in [4.78, 5) is 11.9. The zero-order valence-corrected chi connectivity index (χ0v) is 14.6. The second kappa shape index (κ2) is 7.85. The molecule has 0 aliphatic carbocycles. The highest BCUT2D eigenvalue weighted by Crippen LogP contribution is 2.33. The van der Waals surface area contributed by atoms with E-state index < -0.39 is 5.91 Å². The van der Waals surface area contributed by atoms with E-state index in [0.717, 1.165) is 5.56 Å². The van der Waals surface area contributed by atoms with E-state index in [1.807, 2.05) is 0 Å². The summed E-state index contributed by atoms with van der Waals surface area (Å²) in [5.74, 6) is 1.31. The molecule has 0 saturated carbocycles. The van der Waals surface area contributed by atoms with Gasteiger partial charge in [0.1, 0.15) is 23.9 Å². The fraction of sp³-hybridized carbons (Fsp3) is 0.111. The Hall–Kier alpha value is -3.10. The lowest BCUT2D eigenvalue weighted by molar-refractivity contribution is 0.0950. The van der Waals surface area contributed by atoms with E-state index >= 15 is 0 Å². The number of ether oxygens (including phenoxy) is 1. The van der Waals surface area contributed by atoms with Crippen molar-refractivity contribution in [2.45, 2.75) is 6.61 Å². The molecule has 3 rings (SSSR count). The topological polar surface area (TPSA) is 96.9 Å². The Labute approximate surface area is 154 Å². The number of thiocarbonyl (C=S) groups is 1. The van der Waals surface area contributed by atoms with E-state index in [0.29, 0.717) is 23.0 Å². The molecule has 7 nitrogen and oxygen atoms in total. The third-order valence-electron chi connectivity index (χ3n) is 3.51. The first-order valence-electron chi connectivity index (χ1n) is 7.64. The van der Waals surface area contributed by atoms with Crippen LogP contribution in [-0.2, 0) is 6.61 Å². The van der Waals surface area contributed by atoms with Crippen molar-refractivity contribution < 1.29 is 23.5 Å². The van der Waals surface area contributed by atoms with Crippen LogP contribution in [0.1, 0.15) is 16.3 Å². The molecule has 3 aromatic rings. The molecule has 1 amide bonds. The zero-order valence-electron chi connectivity index (χ0n) is 13.8. The average molecular weight is 372 g/mol. The molecule has 2 aromatic heterocycles. The van der Waals surface area contributed by atoms with Gasteiger partial charge in [-0.25, -0.2) is 0 Å². The largest absolute Gasteiger partial charge is 0.496 e. The Bertz CT molecular complexity index is 918. The Morgan fingerprint density at radius 1 is 1.27 bits per heavy atom. The van der Waals surface area contributed by atoms with Crippen LogP contribution < -0.4 is 15.4 Å². The normalized spacial score (nSPS) is 10.4. The standard InChI is InChI=1S/C18H16N2O5S/c1-23-16-9-11(4-6-13(16)14-7-5-12(10-21)25-14)19-18(26)20-17(22)15-3-2-8-24-15/h2-9,21H,10H2,1H3,(H2,19,20,22,26). The second-order valence-corrected chi connectivity index (χ2v) is 5.63. The number of nitrogens with one attached hydrogen (secondary N) is 2. The molecule has 0 radical (unpaired) electrons. The molecule has 0 fully saturated rings. The number of furan rings is 2. The first-order valence-corrected chi connectivity index (χ1v) is 8.05. The fourth-order valence-electron chi connectivity index (χ4n) is 2.31. The van der Waals surface area contributed by atoms with Gasteiger partial charge in [-0.1, -0.05) is 0 Å². The minimum Gasteiger partial charge on any atom is -0.496 e. The maximum Gasteiger partial charge on any atom is 0.293 e. The van der Waals surface area contributed by atoms with Gasteiger partial charge in [0.25, 0.3) is 5.91 Å². The number of hydrogen-bond acceptors (Lipinski definition) is 6. The van der Waals surface area contributed by atoms with Gasteiger partial charge in [0, 0.05) is 11.8 Å². The third kappa shape index (κ3) is 3.93. The number of aliphatic hydroxyl groups is 1. The summed E-state index contributed by atoms with van der Waals surface area (Å²) in [7, 11) is 1.54. The van der Waals surface area contributed by atoms with Crippen molar-refractivity contribution in [3.63, 3.8) is 0 Å². The summed E-state index contributed by atoms with van der Waals surface area (Å²) in [6.45, 7) is -0.175. The van der Waals surface area contributed by atoms with E-state index in [1.165, 1.54) is 13.4 Å². The number of carbonyl (C=O) groups excluding carboxylic acids is 1. The van der Waals surface area contributed by atoms with Gasteiger partial charge in [-0.05, 0) is 48.6 Å². The number of anilines is 1. The van der Waals surface area contributed by atoms with Crippen molar-refractivity contribution in [3.05, 3.63) is 60.2 Å². The Balaban J connectivity index is 1.72. The monoisotopic (exact) mass is 372 g/mol. The minimum atomic E-state index is -0.441. The van der Waals surface area contributed by atoms with Crippen molar-refractivity contribution >= 4 is 28.9 Å². The van der Waals surface area contributed by atoms with E-state index in [1.54, 1.807) is 42.5 Å². The fourth-order valence-corrected chi connectivity index (χ4v) is 2.53. The molecule has 0 aliphatic rings. The van der Waals surface area contributed by atoms with Crippen molar-refractivity contribution in [2.24, 2.45) is 0 Å². The first kappa shape index (κ1) is 17.7. The maximum atomic E-state index is 11.9. The van der Waals surface area contributed by atoms with Crippen LogP contribution in [0.25, 0.3) is 11.3 Å². The SMILES string of the molecule is COc1cc(NC(=S)NC(=O)c2ccco2)ccc1-c1ccc(CO)o1. The number of methoxy groups -OCH3 is 1. The number of rotatable bonds is 5. The Kier molecular flexibility index (Phi) is 5.35. The van der Waals surface area contributed by atoms with E-state index in [4.69, 9.17) is 30.9 Å². The molecular formula is C18H16N2O5S. The molecule has 3 N–H and O–H groups in total. The van der Waals surface area contributed by atoms with E-state index in [2.05, 4.69) is 10.6 Å². The van der Waals surface area contributed by atoms with Crippen LogP contribution in [0.15, 0.2) is 57.6 Å². The molecule has 0 atom stereocenters. The molecule has 0 spiro atoms. The predicted octanol–water partition coefficient (Wildman–Crippen LogP) is 3.17. The maximum absolute atomic E-state index is 11.9. The number of aliphatic hydroxyl groups excluding tert-OH is 1. The Morgan fingerprint density at radius 2 is 2.12 bits per heavy atom. The smallest absolute Gasteiger partial charge is 0.293 e. The van der Waals surface area contributed by atoms with Gasteiger partial charge in [-0.3, -0.25) is 10.1 Å². The molecular weight excluding hydrogens is 356 g/mol. The van der Waals surface area contributed by atoms with Crippen LogP contribution in [0.2, 0.25) is 0 Å². The number of benzene rings is 1. The first-order chi connectivity index (χ1) is 12.6. The molecule has 0 bridgehead atoms. The molecule has 0 aliphatic heterocycles. The summed E-state index contributed by atoms with van der Waals surface area (Å²) < 4.78 is 15.9. The average Bonchev–Trinajstić information content (AvgIpc) is 3.33. The summed E-state index contributed by atoms with van der Waals surface area (Å²) in [5, 5.41) is 14.7. The van der Waals surface area contributed by atoms with Crippen molar-refractivity contribution in [1.82, 2.24) is 5.32 Å². The highest BCUT2D eigenvalue weighted by atomic mass is 32.1. The van der Waals surface area contributed by atoms with Crippen LogP contribution in [0.5, 0.6) is 5.75 Å². The highest BCUT2D eigenvalue weighted by molar-refractivity contribution is 7.80. The number of carbonyl (C=O) groups is 1. The van der Waals surface area contributed by atoms with Crippen LogP contribution in [0.4, 0.5) is 5.69 Å². The summed E-state index contributed by atoms with van der Waals surface area (Å²) in [5.41, 5.74) is 1.35. The number of hydrogen-bond donors (Lipinski definition) is 3. The molecule has 0 saturated heterocycles. The second-order valence-electron chi connectivity index (χ2n) is 5.22. The minimum absolute atomic E-state index is 0.127. The van der Waals surface area contributed by atoms with Gasteiger partial charge in [0.05, 0.1) is 18.9 Å². The van der Waals surface area contributed by atoms with Gasteiger partial charge < -0.3 is 24.0 Å². The lowest BCUT2D eigenvalue weighted by atomic mass is 10.1. The Morgan fingerprint density at radius 3 is 2.77 bits per heavy atom. The van der Waals surface area contributed by atoms with Crippen molar-refractivity contribution in [3.8, 4) is 17.1 Å². The lowest BCUT2D eigenvalue weighted by Crippen LogP contribution is -2.33. The molecule has 26 heavy (non-hydrogen) atoms. The van der Waals surface area contributed by atoms with Gasteiger partial charge in [0.15, 0.2) is 10.9 Å². The van der Waals surface area contributed by atoms with Gasteiger partial charge in [0.2, 0.25) is 0 Å². The molecule has 1 aromatic carbocycles. The summed E-state index contributed by atoms with van der Waals surface area (Å²) in [6.07, 6.45) is 1.41. The quantitative estimate of drug-likeness (QED) is 0.592. The van der Waals surface area contributed by atoms with Crippen molar-refractivity contribution in [2.75, 3.05) is 12.4 Å². The third-order valence-corrected chi connectivity index (χ3v) is 3.72. The lowest BCUT2D eigenvalue weighted by Gasteiger charge is -2.12. The van der Waals surface area contributed by atoms with Crippen LogP contribution in [0.3, 0.4) is 0 Å². The zero-order chi connectivity index (χ0) is 18.5. The van der Waals surface area contributed by atoms with Crippen molar-refractivity contribution in [1.29, 1.82) is 0 Å². The summed E-state index contributed by atoms with van der Waals surface area (Å²) >= 11 is 5.14. The molecule has 8 heteroatoms. The van der Waals surface area contributed by atoms with Gasteiger partial charge in [-0.2, -0.15) is 0 Å². The highest BCUT2D eigenvalue weighted by Gasteiger charge is 2.13. The van der Waals surface area contributed by atoms with Gasteiger partial charge >= 0.3 is 0 Å². The molecule has 2 heterocycles. The summed E-state index contributed by atoms with van der Waals surface area (Å²) in [6, 6.07) is 11.9. The van der Waals surface area contributed by atoms with E-state index in [-0.39, 0.29) is 17.5 Å². The van der Waals surface area contributed by atoms with Gasteiger partial charge in [-0.15, -0.1) is 0 Å². The number of amides is 1. The van der Waals surface area contributed by atoms with E-state index in [9.17, 15) is 4.79 Å². The van der Waals surface area contributed by atoms with Crippen LogP contribution in [-0.4, -0.2) is 23.2 Å². The van der Waals surface area contributed by atoms with Crippen LogP contribution in [0, 0.1) is 0 Å². The molecule has 134 valence electrons. The molecule has 0 unspecified atom stereocenters. The van der Waals surface area contributed by atoms with Crippen LogP contribution >= 0.6 is 12.2 Å². The predicted molar refractivity (Wildman–Crippen MR) is 99.0 cm³/mol.